The Hall–Kier alpha value is -0.850. The second kappa shape index (κ2) is 6.60. The Kier molecular flexibility index (Phi) is 5.38. The molecular weight excluding hydrogens is 230 g/mol. The molecule has 0 N–H and O–H groups in total. The number of rotatable bonds is 5. The van der Waals surface area contributed by atoms with Crippen LogP contribution in [-0.4, -0.2) is 18.6 Å². The molecular formula is C11H12ClNOS. The second-order valence-corrected chi connectivity index (χ2v) is 4.37. The van der Waals surface area contributed by atoms with Crippen LogP contribution in [0.15, 0.2) is 18.2 Å². The topological polar surface area (TPSA) is 33.0 Å². The number of ether oxygens (including phenoxy) is 1. The highest BCUT2D eigenvalue weighted by molar-refractivity contribution is 7.98. The molecule has 0 heterocycles. The summed E-state index contributed by atoms with van der Waals surface area (Å²) in [7, 11) is 0. The summed E-state index contributed by atoms with van der Waals surface area (Å²) in [4.78, 5) is 0. The van der Waals surface area contributed by atoms with Crippen LogP contribution in [0.1, 0.15) is 12.0 Å². The van der Waals surface area contributed by atoms with Crippen LogP contribution < -0.4 is 4.74 Å². The van der Waals surface area contributed by atoms with Crippen molar-refractivity contribution in [1.82, 2.24) is 0 Å². The van der Waals surface area contributed by atoms with Gasteiger partial charge in [0, 0.05) is 11.1 Å². The molecule has 0 saturated carbocycles. The number of hydrogen-bond acceptors (Lipinski definition) is 3. The summed E-state index contributed by atoms with van der Waals surface area (Å²) < 4.78 is 5.49. The molecule has 15 heavy (non-hydrogen) atoms. The minimum Gasteiger partial charge on any atom is -0.492 e. The van der Waals surface area contributed by atoms with Crippen molar-refractivity contribution in [2.75, 3.05) is 18.6 Å². The van der Waals surface area contributed by atoms with Crippen LogP contribution in [0.3, 0.4) is 0 Å². The Bertz CT molecular complexity index is 362. The van der Waals surface area contributed by atoms with Gasteiger partial charge in [0.2, 0.25) is 0 Å². The van der Waals surface area contributed by atoms with Crippen LogP contribution in [-0.2, 0) is 0 Å². The van der Waals surface area contributed by atoms with Crippen molar-refractivity contribution in [2.24, 2.45) is 0 Å². The predicted octanol–water partition coefficient (Wildman–Crippen LogP) is 3.34. The summed E-state index contributed by atoms with van der Waals surface area (Å²) in [5, 5.41) is 9.43. The molecule has 0 aliphatic rings. The molecule has 0 aromatic heterocycles. The van der Waals surface area contributed by atoms with Crippen LogP contribution in [0, 0.1) is 11.3 Å². The van der Waals surface area contributed by atoms with E-state index >= 15 is 0 Å². The summed E-state index contributed by atoms with van der Waals surface area (Å²) in [5.74, 6) is 1.63. The lowest BCUT2D eigenvalue weighted by atomic mass is 10.2. The number of thioether (sulfide) groups is 1. The molecule has 0 fully saturated rings. The van der Waals surface area contributed by atoms with E-state index in [4.69, 9.17) is 21.6 Å². The maximum atomic E-state index is 8.83. The van der Waals surface area contributed by atoms with Gasteiger partial charge in [-0.2, -0.15) is 17.0 Å². The Morgan fingerprint density at radius 3 is 3.00 bits per heavy atom. The van der Waals surface area contributed by atoms with Gasteiger partial charge < -0.3 is 4.74 Å². The van der Waals surface area contributed by atoms with Gasteiger partial charge in [-0.15, -0.1) is 0 Å². The first-order valence-electron chi connectivity index (χ1n) is 4.59. The summed E-state index contributed by atoms with van der Waals surface area (Å²) in [5.41, 5.74) is 0.531. The van der Waals surface area contributed by atoms with Crippen molar-refractivity contribution in [3.8, 4) is 11.8 Å². The fourth-order valence-electron chi connectivity index (χ4n) is 1.09. The third-order valence-corrected chi connectivity index (χ3v) is 2.75. The van der Waals surface area contributed by atoms with Crippen LogP contribution in [0.25, 0.3) is 0 Å². The lowest BCUT2D eigenvalue weighted by Gasteiger charge is -2.07. The summed E-state index contributed by atoms with van der Waals surface area (Å²) >= 11 is 7.60. The first-order chi connectivity index (χ1) is 7.27. The Balaban J connectivity index is 2.59. The molecule has 2 nitrogen and oxygen atoms in total. The van der Waals surface area contributed by atoms with Gasteiger partial charge in [-0.25, -0.2) is 0 Å². The van der Waals surface area contributed by atoms with Gasteiger partial charge in [0.25, 0.3) is 0 Å². The van der Waals surface area contributed by atoms with Crippen molar-refractivity contribution in [2.45, 2.75) is 6.42 Å². The lowest BCUT2D eigenvalue weighted by Crippen LogP contribution is -2.00. The molecule has 1 aromatic rings. The van der Waals surface area contributed by atoms with Gasteiger partial charge in [-0.05, 0) is 30.6 Å². The van der Waals surface area contributed by atoms with E-state index < -0.39 is 0 Å². The smallest absolute Gasteiger partial charge is 0.138 e. The van der Waals surface area contributed by atoms with Gasteiger partial charge in [0.1, 0.15) is 11.8 Å². The first kappa shape index (κ1) is 12.2. The predicted molar refractivity (Wildman–Crippen MR) is 64.7 cm³/mol. The van der Waals surface area contributed by atoms with E-state index in [-0.39, 0.29) is 0 Å². The molecule has 0 radical (unpaired) electrons. The molecule has 0 aliphatic carbocycles. The van der Waals surface area contributed by atoms with Crippen molar-refractivity contribution in [3.63, 3.8) is 0 Å². The normalized spacial score (nSPS) is 9.67. The molecule has 0 bridgehead atoms. The van der Waals surface area contributed by atoms with Crippen LogP contribution in [0.2, 0.25) is 5.02 Å². The molecule has 80 valence electrons. The number of nitrogens with zero attached hydrogens (tertiary/aromatic N) is 1. The highest BCUT2D eigenvalue weighted by Gasteiger charge is 2.03. The zero-order valence-electron chi connectivity index (χ0n) is 8.50. The SMILES string of the molecule is CSCCCOc1cc(Cl)ccc1C#N. The molecule has 0 spiro atoms. The molecule has 0 atom stereocenters. The van der Waals surface area contributed by atoms with Gasteiger partial charge in [-0.1, -0.05) is 11.6 Å². The summed E-state index contributed by atoms with van der Waals surface area (Å²) in [6.07, 6.45) is 3.03. The number of nitriles is 1. The third-order valence-electron chi connectivity index (χ3n) is 1.81. The Morgan fingerprint density at radius 1 is 1.53 bits per heavy atom. The minimum atomic E-state index is 0.531. The highest BCUT2D eigenvalue weighted by atomic mass is 35.5. The van der Waals surface area contributed by atoms with E-state index in [0.29, 0.717) is 22.9 Å². The average Bonchev–Trinajstić information content (AvgIpc) is 2.25. The van der Waals surface area contributed by atoms with Crippen LogP contribution >= 0.6 is 23.4 Å². The summed E-state index contributed by atoms with van der Waals surface area (Å²) in [6.45, 7) is 0.621. The summed E-state index contributed by atoms with van der Waals surface area (Å²) in [6, 6.07) is 7.12. The fraction of sp³-hybridized carbons (Fsp3) is 0.364. The van der Waals surface area contributed by atoms with E-state index in [0.717, 1.165) is 12.2 Å². The molecule has 1 rings (SSSR count). The Morgan fingerprint density at radius 2 is 2.33 bits per heavy atom. The molecule has 0 saturated heterocycles. The second-order valence-electron chi connectivity index (χ2n) is 2.95. The maximum Gasteiger partial charge on any atom is 0.138 e. The van der Waals surface area contributed by atoms with Crippen molar-refractivity contribution >= 4 is 23.4 Å². The van der Waals surface area contributed by atoms with Crippen molar-refractivity contribution in [3.05, 3.63) is 28.8 Å². The maximum absolute atomic E-state index is 8.83. The highest BCUT2D eigenvalue weighted by Crippen LogP contribution is 2.22. The van der Waals surface area contributed by atoms with Gasteiger partial charge in [0.05, 0.1) is 12.2 Å². The molecule has 0 amide bonds. The number of hydrogen-bond donors (Lipinski definition) is 0. The zero-order valence-corrected chi connectivity index (χ0v) is 10.1. The van der Waals surface area contributed by atoms with E-state index in [1.165, 1.54) is 0 Å². The first-order valence-corrected chi connectivity index (χ1v) is 6.36. The van der Waals surface area contributed by atoms with Crippen molar-refractivity contribution < 1.29 is 4.74 Å². The number of benzene rings is 1. The molecule has 1 aromatic carbocycles. The quantitative estimate of drug-likeness (QED) is 0.742. The van der Waals surface area contributed by atoms with E-state index in [9.17, 15) is 0 Å². The standard InChI is InChI=1S/C11H12ClNOS/c1-15-6-2-5-14-11-7-10(12)4-3-9(11)8-13/h3-4,7H,2,5-6H2,1H3. The minimum absolute atomic E-state index is 0.531. The molecule has 0 aliphatic heterocycles. The number of halogens is 1. The van der Waals surface area contributed by atoms with Gasteiger partial charge in [0.15, 0.2) is 0 Å². The van der Waals surface area contributed by atoms with Crippen molar-refractivity contribution in [1.29, 1.82) is 5.26 Å². The fourth-order valence-corrected chi connectivity index (χ4v) is 1.66. The van der Waals surface area contributed by atoms with Gasteiger partial charge >= 0.3 is 0 Å². The zero-order chi connectivity index (χ0) is 11.1. The van der Waals surface area contributed by atoms with E-state index in [1.54, 1.807) is 30.0 Å². The average molecular weight is 242 g/mol. The molecule has 4 heteroatoms. The van der Waals surface area contributed by atoms with E-state index in [2.05, 4.69) is 12.3 Å². The lowest BCUT2D eigenvalue weighted by molar-refractivity contribution is 0.318. The van der Waals surface area contributed by atoms with E-state index in [1.807, 2.05) is 0 Å². The monoisotopic (exact) mass is 241 g/mol. The Labute approximate surface area is 99.2 Å². The third kappa shape index (κ3) is 4.03. The molecule has 0 unspecified atom stereocenters. The van der Waals surface area contributed by atoms with Gasteiger partial charge in [-0.3, -0.25) is 0 Å². The van der Waals surface area contributed by atoms with Crippen LogP contribution in [0.5, 0.6) is 5.75 Å². The largest absolute Gasteiger partial charge is 0.492 e. The van der Waals surface area contributed by atoms with Crippen LogP contribution in [0.4, 0.5) is 0 Å².